The van der Waals surface area contributed by atoms with E-state index in [-0.39, 0.29) is 11.4 Å². The molecule has 0 bridgehead atoms. The second-order valence-electron chi connectivity index (χ2n) is 4.86. The molecule has 1 saturated carbocycles. The largest absolute Gasteiger partial charge is 0.345 e. The van der Waals surface area contributed by atoms with E-state index in [2.05, 4.69) is 5.32 Å². The Labute approximate surface area is 106 Å². The van der Waals surface area contributed by atoms with Crippen LogP contribution in [0.5, 0.6) is 0 Å². The van der Waals surface area contributed by atoms with Gasteiger partial charge in [0.25, 0.3) is 5.91 Å². The lowest BCUT2D eigenvalue weighted by Crippen LogP contribution is -2.53. The van der Waals surface area contributed by atoms with E-state index in [0.717, 1.165) is 12.8 Å². The maximum atomic E-state index is 12.1. The monoisotopic (exact) mass is 252 g/mol. The summed E-state index contributed by atoms with van der Waals surface area (Å²) in [6.45, 7) is 2.48. The Balaban J connectivity index is 2.07. The van der Waals surface area contributed by atoms with Crippen molar-refractivity contribution < 1.29 is 4.79 Å². The molecular formula is C13H17ClN2O. The van der Waals surface area contributed by atoms with Gasteiger partial charge in [0.2, 0.25) is 0 Å². The molecule has 4 heteroatoms. The van der Waals surface area contributed by atoms with Crippen LogP contribution in [0.1, 0.15) is 30.1 Å². The maximum absolute atomic E-state index is 12.1. The Kier molecular flexibility index (Phi) is 3.40. The molecule has 1 aromatic carbocycles. The van der Waals surface area contributed by atoms with Gasteiger partial charge in [0, 0.05) is 17.1 Å². The molecule has 1 aromatic rings. The first-order valence-electron chi connectivity index (χ1n) is 5.83. The number of rotatable bonds is 4. The number of benzene rings is 1. The first kappa shape index (κ1) is 12.4. The van der Waals surface area contributed by atoms with Crippen molar-refractivity contribution in [3.05, 3.63) is 34.9 Å². The third kappa shape index (κ3) is 2.79. The summed E-state index contributed by atoms with van der Waals surface area (Å²) in [6, 6.07) is 6.88. The Morgan fingerprint density at radius 3 is 2.53 bits per heavy atom. The molecular weight excluding hydrogens is 236 g/mol. The van der Waals surface area contributed by atoms with Crippen molar-refractivity contribution in [2.45, 2.75) is 25.3 Å². The van der Waals surface area contributed by atoms with E-state index >= 15 is 0 Å². The van der Waals surface area contributed by atoms with Crippen LogP contribution in [0.15, 0.2) is 24.3 Å². The fourth-order valence-electron chi connectivity index (χ4n) is 1.97. The first-order chi connectivity index (χ1) is 8.05. The van der Waals surface area contributed by atoms with E-state index in [1.165, 1.54) is 0 Å². The maximum Gasteiger partial charge on any atom is 0.251 e. The molecule has 1 amide bonds. The van der Waals surface area contributed by atoms with Crippen LogP contribution in [0.25, 0.3) is 0 Å². The molecule has 1 aliphatic rings. The van der Waals surface area contributed by atoms with Crippen molar-refractivity contribution in [1.29, 1.82) is 0 Å². The number of hydrogen-bond donors (Lipinski definition) is 2. The topological polar surface area (TPSA) is 55.1 Å². The SMILES string of the molecule is CC(CN)(NC(=O)c1ccc(Cl)cc1)C1CC1. The van der Waals surface area contributed by atoms with Gasteiger partial charge in [-0.2, -0.15) is 0 Å². The predicted molar refractivity (Wildman–Crippen MR) is 69.1 cm³/mol. The lowest BCUT2D eigenvalue weighted by atomic mass is 9.95. The summed E-state index contributed by atoms with van der Waals surface area (Å²) in [7, 11) is 0. The van der Waals surface area contributed by atoms with Crippen LogP contribution in [0, 0.1) is 5.92 Å². The highest BCUT2D eigenvalue weighted by Gasteiger charge is 2.41. The van der Waals surface area contributed by atoms with Gasteiger partial charge < -0.3 is 11.1 Å². The lowest BCUT2D eigenvalue weighted by Gasteiger charge is -2.29. The van der Waals surface area contributed by atoms with Crippen LogP contribution in [-0.2, 0) is 0 Å². The van der Waals surface area contributed by atoms with Gasteiger partial charge in [-0.15, -0.1) is 0 Å². The highest BCUT2D eigenvalue weighted by atomic mass is 35.5. The van der Waals surface area contributed by atoms with Crippen LogP contribution in [-0.4, -0.2) is 18.0 Å². The number of amides is 1. The summed E-state index contributed by atoms with van der Waals surface area (Å²) in [5, 5.41) is 3.66. The summed E-state index contributed by atoms with van der Waals surface area (Å²) >= 11 is 5.79. The summed E-state index contributed by atoms with van der Waals surface area (Å²) in [4.78, 5) is 12.1. The van der Waals surface area contributed by atoms with Crippen molar-refractivity contribution >= 4 is 17.5 Å². The Morgan fingerprint density at radius 1 is 1.47 bits per heavy atom. The minimum absolute atomic E-state index is 0.0819. The summed E-state index contributed by atoms with van der Waals surface area (Å²) < 4.78 is 0. The predicted octanol–water partition coefficient (Wildman–Crippen LogP) is 2.20. The number of hydrogen-bond acceptors (Lipinski definition) is 2. The van der Waals surface area contributed by atoms with Gasteiger partial charge in [0.15, 0.2) is 0 Å². The Morgan fingerprint density at radius 2 is 2.06 bits per heavy atom. The molecule has 3 N–H and O–H groups in total. The standard InChI is InChI=1S/C13H17ClN2O/c1-13(8-15,10-4-5-10)16-12(17)9-2-6-11(14)7-3-9/h2-3,6-7,10H,4-5,8,15H2,1H3,(H,16,17). The molecule has 0 aliphatic heterocycles. The zero-order valence-corrected chi connectivity index (χ0v) is 10.6. The second kappa shape index (κ2) is 4.67. The van der Waals surface area contributed by atoms with E-state index < -0.39 is 0 Å². The third-order valence-electron chi connectivity index (χ3n) is 3.41. The van der Waals surface area contributed by atoms with Gasteiger partial charge >= 0.3 is 0 Å². The van der Waals surface area contributed by atoms with Crippen molar-refractivity contribution in [2.75, 3.05) is 6.54 Å². The Bertz CT molecular complexity index is 414. The number of nitrogens with two attached hydrogens (primary N) is 1. The van der Waals surface area contributed by atoms with E-state index in [1.807, 2.05) is 6.92 Å². The minimum atomic E-state index is -0.281. The van der Waals surface area contributed by atoms with Crippen LogP contribution in [0.3, 0.4) is 0 Å². The lowest BCUT2D eigenvalue weighted by molar-refractivity contribution is 0.0898. The highest BCUT2D eigenvalue weighted by Crippen LogP contribution is 2.39. The van der Waals surface area contributed by atoms with Crippen molar-refractivity contribution in [3.8, 4) is 0 Å². The van der Waals surface area contributed by atoms with Gasteiger partial charge in [-0.1, -0.05) is 11.6 Å². The average Bonchev–Trinajstić information content (AvgIpc) is 3.13. The van der Waals surface area contributed by atoms with Crippen LogP contribution >= 0.6 is 11.6 Å². The average molecular weight is 253 g/mol. The molecule has 92 valence electrons. The summed E-state index contributed by atoms with van der Waals surface area (Å²) in [5.41, 5.74) is 6.10. The molecule has 2 rings (SSSR count). The molecule has 1 fully saturated rings. The van der Waals surface area contributed by atoms with Gasteiger partial charge in [0.1, 0.15) is 0 Å². The number of nitrogens with one attached hydrogen (secondary N) is 1. The number of carbonyl (C=O) groups is 1. The van der Waals surface area contributed by atoms with Gasteiger partial charge in [-0.05, 0) is 49.9 Å². The van der Waals surface area contributed by atoms with E-state index in [4.69, 9.17) is 17.3 Å². The first-order valence-corrected chi connectivity index (χ1v) is 6.21. The molecule has 1 atom stereocenters. The molecule has 0 spiro atoms. The Hall–Kier alpha value is -1.06. The summed E-state index contributed by atoms with van der Waals surface area (Å²) in [6.07, 6.45) is 2.29. The quantitative estimate of drug-likeness (QED) is 0.863. The van der Waals surface area contributed by atoms with E-state index in [1.54, 1.807) is 24.3 Å². The van der Waals surface area contributed by atoms with Gasteiger partial charge in [0.05, 0.1) is 5.54 Å². The molecule has 1 unspecified atom stereocenters. The summed E-state index contributed by atoms with van der Waals surface area (Å²) in [5.74, 6) is 0.435. The van der Waals surface area contributed by atoms with Crippen LogP contribution in [0.2, 0.25) is 5.02 Å². The molecule has 0 saturated heterocycles. The van der Waals surface area contributed by atoms with Crippen molar-refractivity contribution in [2.24, 2.45) is 11.7 Å². The molecule has 0 radical (unpaired) electrons. The third-order valence-corrected chi connectivity index (χ3v) is 3.66. The van der Waals surface area contributed by atoms with Crippen molar-refractivity contribution in [1.82, 2.24) is 5.32 Å². The molecule has 17 heavy (non-hydrogen) atoms. The smallest absolute Gasteiger partial charge is 0.251 e. The fourth-order valence-corrected chi connectivity index (χ4v) is 2.10. The molecule has 0 heterocycles. The normalized spacial score (nSPS) is 18.5. The molecule has 0 aromatic heterocycles. The van der Waals surface area contributed by atoms with Crippen LogP contribution in [0.4, 0.5) is 0 Å². The zero-order chi connectivity index (χ0) is 12.5. The number of carbonyl (C=O) groups excluding carboxylic acids is 1. The fraction of sp³-hybridized carbons (Fsp3) is 0.462. The van der Waals surface area contributed by atoms with E-state index in [9.17, 15) is 4.79 Å². The van der Waals surface area contributed by atoms with Crippen LogP contribution < -0.4 is 11.1 Å². The zero-order valence-electron chi connectivity index (χ0n) is 9.87. The second-order valence-corrected chi connectivity index (χ2v) is 5.29. The van der Waals surface area contributed by atoms with Gasteiger partial charge in [-0.3, -0.25) is 4.79 Å². The van der Waals surface area contributed by atoms with Gasteiger partial charge in [-0.25, -0.2) is 0 Å². The molecule has 3 nitrogen and oxygen atoms in total. The van der Waals surface area contributed by atoms with Crippen molar-refractivity contribution in [3.63, 3.8) is 0 Å². The minimum Gasteiger partial charge on any atom is -0.345 e. The molecule has 1 aliphatic carbocycles. The highest BCUT2D eigenvalue weighted by molar-refractivity contribution is 6.30. The van der Waals surface area contributed by atoms with E-state index in [0.29, 0.717) is 23.0 Å². The number of halogens is 1.